The summed E-state index contributed by atoms with van der Waals surface area (Å²) in [6, 6.07) is 7.31. The van der Waals surface area contributed by atoms with E-state index in [4.69, 9.17) is 4.52 Å². The first-order valence-corrected chi connectivity index (χ1v) is 9.28. The van der Waals surface area contributed by atoms with Crippen molar-refractivity contribution in [1.82, 2.24) is 25.4 Å². The largest absolute Gasteiger partial charge is 0.360 e. The van der Waals surface area contributed by atoms with E-state index in [2.05, 4.69) is 25.4 Å². The molecule has 1 aliphatic rings. The number of tetrazole rings is 1. The maximum Gasteiger partial charge on any atom is 0.267 e. The minimum atomic E-state index is -3.80. The van der Waals surface area contributed by atoms with Crippen LogP contribution in [0.2, 0.25) is 0 Å². The molecular formula is C15H16N6O3S. The molecule has 4 rings (SSSR count). The lowest BCUT2D eigenvalue weighted by Gasteiger charge is -2.09. The van der Waals surface area contributed by atoms with E-state index in [1.807, 2.05) is 6.07 Å². The molecular weight excluding hydrogens is 344 g/mol. The minimum absolute atomic E-state index is 0.0562. The van der Waals surface area contributed by atoms with Crippen molar-refractivity contribution >= 4 is 15.7 Å². The molecule has 1 aromatic carbocycles. The van der Waals surface area contributed by atoms with Crippen LogP contribution in [-0.2, 0) is 10.0 Å². The van der Waals surface area contributed by atoms with Gasteiger partial charge in [-0.2, -0.15) is 0 Å². The highest BCUT2D eigenvalue weighted by atomic mass is 32.2. The van der Waals surface area contributed by atoms with E-state index in [1.165, 1.54) is 0 Å². The molecule has 0 spiro atoms. The maximum atomic E-state index is 12.6. The number of anilines is 1. The first-order valence-electron chi connectivity index (χ1n) is 7.80. The lowest BCUT2D eigenvalue weighted by atomic mass is 10.2. The predicted molar refractivity (Wildman–Crippen MR) is 88.3 cm³/mol. The van der Waals surface area contributed by atoms with Crippen molar-refractivity contribution in [3.8, 4) is 11.4 Å². The maximum absolute atomic E-state index is 12.6. The van der Waals surface area contributed by atoms with Crippen molar-refractivity contribution in [1.29, 1.82) is 0 Å². The Hall–Kier alpha value is -2.75. The molecule has 3 aromatic rings. The summed E-state index contributed by atoms with van der Waals surface area (Å²) in [6.45, 7) is 3.15. The molecule has 1 aliphatic carbocycles. The molecule has 0 unspecified atom stereocenters. The molecule has 10 heteroatoms. The van der Waals surface area contributed by atoms with Crippen molar-refractivity contribution in [3.05, 3.63) is 35.7 Å². The summed E-state index contributed by atoms with van der Waals surface area (Å²) in [5.41, 5.74) is 1.48. The molecule has 1 N–H and O–H groups in total. The number of rotatable bonds is 5. The Morgan fingerprint density at radius 1 is 1.28 bits per heavy atom. The van der Waals surface area contributed by atoms with Crippen LogP contribution in [0.4, 0.5) is 5.69 Å². The molecule has 130 valence electrons. The molecule has 0 saturated heterocycles. The first kappa shape index (κ1) is 15.8. The quantitative estimate of drug-likeness (QED) is 0.740. The van der Waals surface area contributed by atoms with Crippen LogP contribution in [0.5, 0.6) is 0 Å². The second kappa shape index (κ2) is 5.66. The molecule has 0 bridgehead atoms. The van der Waals surface area contributed by atoms with Gasteiger partial charge in [-0.05, 0) is 49.2 Å². The third-order valence-electron chi connectivity index (χ3n) is 4.00. The van der Waals surface area contributed by atoms with E-state index >= 15 is 0 Å². The Morgan fingerprint density at radius 3 is 2.76 bits per heavy atom. The second-order valence-corrected chi connectivity index (χ2v) is 7.64. The van der Waals surface area contributed by atoms with Crippen LogP contribution < -0.4 is 4.72 Å². The fraction of sp³-hybridized carbons (Fsp3) is 0.333. The van der Waals surface area contributed by atoms with Gasteiger partial charge in [0.15, 0.2) is 16.5 Å². The fourth-order valence-electron chi connectivity index (χ4n) is 2.73. The van der Waals surface area contributed by atoms with Crippen LogP contribution in [0.15, 0.2) is 33.7 Å². The summed E-state index contributed by atoms with van der Waals surface area (Å²) in [5.74, 6) is 0.875. The average Bonchev–Trinajstić information content (AvgIpc) is 3.18. The monoisotopic (exact) mass is 360 g/mol. The van der Waals surface area contributed by atoms with Gasteiger partial charge in [0.05, 0.1) is 6.04 Å². The van der Waals surface area contributed by atoms with E-state index in [0.29, 0.717) is 23.2 Å². The Morgan fingerprint density at radius 2 is 2.08 bits per heavy atom. The number of nitrogens with one attached hydrogen (secondary N) is 1. The first-order chi connectivity index (χ1) is 12.0. The average molecular weight is 360 g/mol. The van der Waals surface area contributed by atoms with E-state index < -0.39 is 10.0 Å². The van der Waals surface area contributed by atoms with Crippen molar-refractivity contribution in [3.63, 3.8) is 0 Å². The zero-order valence-electron chi connectivity index (χ0n) is 13.7. The summed E-state index contributed by atoms with van der Waals surface area (Å²) >= 11 is 0. The summed E-state index contributed by atoms with van der Waals surface area (Å²) in [6.07, 6.45) is 2.10. The summed E-state index contributed by atoms with van der Waals surface area (Å²) in [5, 5.41) is 15.5. The molecule has 9 nitrogen and oxygen atoms in total. The molecule has 0 atom stereocenters. The van der Waals surface area contributed by atoms with Gasteiger partial charge in [0.1, 0.15) is 5.69 Å². The Labute approximate surface area is 144 Å². The van der Waals surface area contributed by atoms with Crippen LogP contribution in [-0.4, -0.2) is 33.8 Å². The van der Waals surface area contributed by atoms with Crippen molar-refractivity contribution in [2.45, 2.75) is 37.6 Å². The van der Waals surface area contributed by atoms with E-state index in [-0.39, 0.29) is 10.7 Å². The van der Waals surface area contributed by atoms with Gasteiger partial charge in [-0.1, -0.05) is 17.3 Å². The van der Waals surface area contributed by atoms with Crippen molar-refractivity contribution in [2.24, 2.45) is 0 Å². The van der Waals surface area contributed by atoms with E-state index in [1.54, 1.807) is 36.7 Å². The normalized spacial score (nSPS) is 14.6. The molecule has 2 heterocycles. The Bertz CT molecular complexity index is 1020. The minimum Gasteiger partial charge on any atom is -0.360 e. The number of benzene rings is 1. The third kappa shape index (κ3) is 2.88. The second-order valence-electron chi connectivity index (χ2n) is 6.02. The molecule has 0 radical (unpaired) electrons. The zero-order chi connectivity index (χ0) is 17.6. The number of aromatic nitrogens is 5. The number of aryl methyl sites for hydroxylation is 2. The fourth-order valence-corrected chi connectivity index (χ4v) is 4.12. The predicted octanol–water partition coefficient (Wildman–Crippen LogP) is 2.08. The number of hydrogen-bond donors (Lipinski definition) is 1. The van der Waals surface area contributed by atoms with Crippen LogP contribution in [0, 0.1) is 13.8 Å². The molecule has 0 amide bonds. The van der Waals surface area contributed by atoms with Crippen LogP contribution >= 0.6 is 0 Å². The Balaban J connectivity index is 1.67. The standard InChI is InChI=1S/C15H16N6O3S/c1-9-14(10(2)24-17-9)25(22,23)18-12-5-3-4-11(8-12)15-16-19-20-21(15)13-6-7-13/h3-5,8,13,18H,6-7H2,1-2H3. The topological polar surface area (TPSA) is 116 Å². The number of nitrogens with zero attached hydrogens (tertiary/aromatic N) is 5. The van der Waals surface area contributed by atoms with Crippen molar-refractivity contribution in [2.75, 3.05) is 4.72 Å². The lowest BCUT2D eigenvalue weighted by molar-refractivity contribution is 0.390. The van der Waals surface area contributed by atoms with Gasteiger partial charge in [-0.25, -0.2) is 13.1 Å². The van der Waals surface area contributed by atoms with Crippen LogP contribution in [0.1, 0.15) is 30.3 Å². The molecule has 1 fully saturated rings. The number of hydrogen-bond acceptors (Lipinski definition) is 7. The highest BCUT2D eigenvalue weighted by molar-refractivity contribution is 7.92. The summed E-state index contributed by atoms with van der Waals surface area (Å²) in [4.78, 5) is 0.0562. The smallest absolute Gasteiger partial charge is 0.267 e. The zero-order valence-corrected chi connectivity index (χ0v) is 14.5. The summed E-state index contributed by atoms with van der Waals surface area (Å²) in [7, 11) is -3.80. The van der Waals surface area contributed by atoms with Gasteiger partial charge in [-0.15, -0.1) is 5.10 Å². The van der Waals surface area contributed by atoms with Gasteiger partial charge in [0.2, 0.25) is 0 Å². The molecule has 1 saturated carbocycles. The van der Waals surface area contributed by atoms with Gasteiger partial charge < -0.3 is 4.52 Å². The van der Waals surface area contributed by atoms with Gasteiger partial charge in [0.25, 0.3) is 10.0 Å². The van der Waals surface area contributed by atoms with E-state index in [9.17, 15) is 8.42 Å². The van der Waals surface area contributed by atoms with Gasteiger partial charge in [0, 0.05) is 11.3 Å². The van der Waals surface area contributed by atoms with Gasteiger partial charge >= 0.3 is 0 Å². The van der Waals surface area contributed by atoms with E-state index in [0.717, 1.165) is 18.4 Å². The third-order valence-corrected chi connectivity index (χ3v) is 5.62. The molecule has 25 heavy (non-hydrogen) atoms. The van der Waals surface area contributed by atoms with Crippen LogP contribution in [0.25, 0.3) is 11.4 Å². The highest BCUT2D eigenvalue weighted by Gasteiger charge is 2.28. The lowest BCUT2D eigenvalue weighted by Crippen LogP contribution is -2.14. The SMILES string of the molecule is Cc1noc(C)c1S(=O)(=O)Nc1cccc(-c2nnnn2C2CC2)c1. The molecule has 2 aromatic heterocycles. The highest BCUT2D eigenvalue weighted by Crippen LogP contribution is 2.37. The summed E-state index contributed by atoms with van der Waals surface area (Å²) < 4.78 is 34.6. The van der Waals surface area contributed by atoms with Crippen LogP contribution in [0.3, 0.4) is 0 Å². The van der Waals surface area contributed by atoms with Gasteiger partial charge in [-0.3, -0.25) is 4.72 Å². The number of sulfonamides is 1. The molecule has 0 aliphatic heterocycles. The van der Waals surface area contributed by atoms with Crippen molar-refractivity contribution < 1.29 is 12.9 Å². The Kier molecular flexibility index (Phi) is 3.57.